The fourth-order valence-corrected chi connectivity index (χ4v) is 2.94. The molecule has 0 aliphatic carbocycles. The van der Waals surface area contributed by atoms with E-state index < -0.39 is 0 Å². The molecule has 0 amide bonds. The maximum atomic E-state index is 8.80. The van der Waals surface area contributed by atoms with Crippen LogP contribution in [0.5, 0.6) is 0 Å². The monoisotopic (exact) mass is 271 g/mol. The van der Waals surface area contributed by atoms with Gasteiger partial charge in [-0.1, -0.05) is 12.1 Å². The average molecular weight is 271 g/mol. The molecule has 1 N–H and O–H groups in total. The zero-order chi connectivity index (χ0) is 13.8. The van der Waals surface area contributed by atoms with Crippen molar-refractivity contribution in [2.45, 2.75) is 32.9 Å². The fraction of sp³-hybridized carbons (Fsp3) is 0.333. The molecule has 0 radical (unpaired) electrons. The van der Waals surface area contributed by atoms with E-state index in [4.69, 9.17) is 5.26 Å². The summed E-state index contributed by atoms with van der Waals surface area (Å²) in [6, 6.07) is 10.4. The number of hydrogen-bond donors (Lipinski definition) is 1. The molecule has 2 unspecified atom stereocenters. The predicted molar refractivity (Wildman–Crippen MR) is 78.0 cm³/mol. The van der Waals surface area contributed by atoms with E-state index in [0.29, 0.717) is 5.56 Å². The smallest absolute Gasteiger partial charge is 0.0991 e. The van der Waals surface area contributed by atoms with Gasteiger partial charge in [0, 0.05) is 17.0 Å². The number of rotatable bonds is 4. The Morgan fingerprint density at radius 2 is 1.89 bits per heavy atom. The Balaban J connectivity index is 2.06. The van der Waals surface area contributed by atoms with Crippen LogP contribution in [0.2, 0.25) is 0 Å². The number of benzene rings is 1. The van der Waals surface area contributed by atoms with Crippen molar-refractivity contribution >= 4 is 11.3 Å². The van der Waals surface area contributed by atoms with E-state index in [9.17, 15) is 0 Å². The maximum Gasteiger partial charge on any atom is 0.0991 e. The van der Waals surface area contributed by atoms with E-state index in [1.165, 1.54) is 10.4 Å². The van der Waals surface area contributed by atoms with Crippen LogP contribution < -0.4 is 5.32 Å². The zero-order valence-electron chi connectivity index (χ0n) is 11.3. The number of nitrogens with one attached hydrogen (secondary N) is 1. The first kappa shape index (κ1) is 13.7. The van der Waals surface area contributed by atoms with E-state index in [2.05, 4.69) is 30.2 Å². The van der Waals surface area contributed by atoms with Gasteiger partial charge in [0.05, 0.1) is 22.8 Å². The van der Waals surface area contributed by atoms with Gasteiger partial charge in [0.15, 0.2) is 0 Å². The van der Waals surface area contributed by atoms with E-state index in [0.717, 1.165) is 5.69 Å². The van der Waals surface area contributed by atoms with E-state index in [-0.39, 0.29) is 12.1 Å². The molecule has 0 saturated carbocycles. The van der Waals surface area contributed by atoms with Crippen molar-refractivity contribution in [2.75, 3.05) is 0 Å². The van der Waals surface area contributed by atoms with Crippen molar-refractivity contribution in [3.8, 4) is 6.07 Å². The van der Waals surface area contributed by atoms with Crippen molar-refractivity contribution in [1.82, 2.24) is 10.3 Å². The van der Waals surface area contributed by atoms with Gasteiger partial charge in [0.2, 0.25) is 0 Å². The summed E-state index contributed by atoms with van der Waals surface area (Å²) in [7, 11) is 0. The summed E-state index contributed by atoms with van der Waals surface area (Å²) >= 11 is 1.68. The van der Waals surface area contributed by atoms with E-state index >= 15 is 0 Å². The third kappa shape index (κ3) is 3.19. The normalized spacial score (nSPS) is 13.8. The minimum atomic E-state index is 0.240. The Bertz CT molecular complexity index is 580. The van der Waals surface area contributed by atoms with Gasteiger partial charge >= 0.3 is 0 Å². The quantitative estimate of drug-likeness (QED) is 0.921. The third-order valence-corrected chi connectivity index (χ3v) is 4.33. The first-order chi connectivity index (χ1) is 9.11. The number of thiazole rings is 1. The van der Waals surface area contributed by atoms with Crippen LogP contribution in [0, 0.1) is 18.3 Å². The van der Waals surface area contributed by atoms with Crippen molar-refractivity contribution in [3.63, 3.8) is 0 Å². The fourth-order valence-electron chi connectivity index (χ4n) is 2.12. The van der Waals surface area contributed by atoms with E-state index in [1.54, 1.807) is 11.3 Å². The number of nitrogens with zero attached hydrogens (tertiary/aromatic N) is 2. The molecule has 1 aromatic carbocycles. The predicted octanol–water partition coefficient (Wildman–Crippen LogP) is 3.74. The molecule has 0 fully saturated rings. The van der Waals surface area contributed by atoms with Crippen molar-refractivity contribution in [3.05, 3.63) is 51.5 Å². The highest BCUT2D eigenvalue weighted by Gasteiger charge is 2.14. The summed E-state index contributed by atoms with van der Waals surface area (Å²) in [5, 5.41) is 12.4. The molecule has 1 heterocycles. The standard InChI is InChI=1S/C15H17N3S/c1-10(14-6-4-13(8-16)5-7-14)18-12(3)15-11(2)17-9-19-15/h4-7,9-10,12,18H,1-3H3. The van der Waals surface area contributed by atoms with Crippen LogP contribution in [0.3, 0.4) is 0 Å². The lowest BCUT2D eigenvalue weighted by atomic mass is 10.1. The molecule has 3 nitrogen and oxygen atoms in total. The Morgan fingerprint density at radius 1 is 1.21 bits per heavy atom. The first-order valence-electron chi connectivity index (χ1n) is 6.28. The van der Waals surface area contributed by atoms with Crippen LogP contribution in [-0.2, 0) is 0 Å². The van der Waals surface area contributed by atoms with Crippen molar-refractivity contribution in [2.24, 2.45) is 0 Å². The largest absolute Gasteiger partial charge is 0.303 e. The Labute approximate surface area is 117 Å². The number of aromatic nitrogens is 1. The molecule has 0 aliphatic heterocycles. The highest BCUT2D eigenvalue weighted by molar-refractivity contribution is 7.09. The van der Waals surface area contributed by atoms with Gasteiger partial charge in [-0.3, -0.25) is 0 Å². The number of hydrogen-bond acceptors (Lipinski definition) is 4. The lowest BCUT2D eigenvalue weighted by molar-refractivity contribution is 0.498. The molecular weight excluding hydrogens is 254 g/mol. The number of nitriles is 1. The minimum absolute atomic E-state index is 0.240. The van der Waals surface area contributed by atoms with Crippen LogP contribution in [0.4, 0.5) is 0 Å². The summed E-state index contributed by atoms with van der Waals surface area (Å²) in [5.41, 5.74) is 4.86. The molecule has 19 heavy (non-hydrogen) atoms. The lowest BCUT2D eigenvalue weighted by Gasteiger charge is -2.20. The lowest BCUT2D eigenvalue weighted by Crippen LogP contribution is -2.22. The van der Waals surface area contributed by atoms with Crippen LogP contribution >= 0.6 is 11.3 Å². The van der Waals surface area contributed by atoms with Gasteiger partial charge in [-0.15, -0.1) is 11.3 Å². The van der Waals surface area contributed by atoms with Crippen LogP contribution in [0.25, 0.3) is 0 Å². The molecule has 4 heteroatoms. The molecule has 2 rings (SSSR count). The molecule has 0 aliphatic rings. The third-order valence-electron chi connectivity index (χ3n) is 3.22. The molecule has 1 aromatic heterocycles. The topological polar surface area (TPSA) is 48.7 Å². The van der Waals surface area contributed by atoms with Gasteiger partial charge < -0.3 is 5.32 Å². The SMILES string of the molecule is Cc1ncsc1C(C)NC(C)c1ccc(C#N)cc1. The van der Waals surface area contributed by atoms with Gasteiger partial charge in [-0.05, 0) is 38.5 Å². The van der Waals surface area contributed by atoms with Crippen LogP contribution in [0.15, 0.2) is 29.8 Å². The van der Waals surface area contributed by atoms with Crippen LogP contribution in [0.1, 0.15) is 47.6 Å². The summed E-state index contributed by atoms with van der Waals surface area (Å²) in [6.45, 7) is 6.32. The van der Waals surface area contributed by atoms with Gasteiger partial charge in [-0.2, -0.15) is 5.26 Å². The summed E-state index contributed by atoms with van der Waals surface area (Å²) in [6.07, 6.45) is 0. The highest BCUT2D eigenvalue weighted by atomic mass is 32.1. The first-order valence-corrected chi connectivity index (χ1v) is 7.16. The summed E-state index contributed by atoms with van der Waals surface area (Å²) < 4.78 is 0. The minimum Gasteiger partial charge on any atom is -0.303 e. The van der Waals surface area contributed by atoms with E-state index in [1.807, 2.05) is 36.7 Å². The molecule has 2 aromatic rings. The van der Waals surface area contributed by atoms with Gasteiger partial charge in [-0.25, -0.2) is 4.98 Å². The molecular formula is C15H17N3S. The van der Waals surface area contributed by atoms with Crippen LogP contribution in [-0.4, -0.2) is 4.98 Å². The summed E-state index contributed by atoms with van der Waals surface area (Å²) in [5.74, 6) is 0. The van der Waals surface area contributed by atoms with Gasteiger partial charge in [0.25, 0.3) is 0 Å². The second kappa shape index (κ2) is 5.96. The second-order valence-corrected chi connectivity index (χ2v) is 5.53. The second-order valence-electron chi connectivity index (χ2n) is 4.65. The Kier molecular flexibility index (Phi) is 4.31. The Morgan fingerprint density at radius 3 is 2.42 bits per heavy atom. The average Bonchev–Trinajstić information content (AvgIpc) is 2.85. The number of aryl methyl sites for hydroxylation is 1. The van der Waals surface area contributed by atoms with Crippen molar-refractivity contribution in [1.29, 1.82) is 5.26 Å². The molecule has 0 bridgehead atoms. The zero-order valence-corrected chi connectivity index (χ0v) is 12.2. The molecule has 0 saturated heterocycles. The summed E-state index contributed by atoms with van der Waals surface area (Å²) in [4.78, 5) is 5.56. The highest BCUT2D eigenvalue weighted by Crippen LogP contribution is 2.24. The Hall–Kier alpha value is -1.70. The maximum absolute atomic E-state index is 8.80. The van der Waals surface area contributed by atoms with Crippen molar-refractivity contribution < 1.29 is 0 Å². The van der Waals surface area contributed by atoms with Gasteiger partial charge in [0.1, 0.15) is 0 Å². The molecule has 0 spiro atoms. The molecule has 2 atom stereocenters. The molecule has 98 valence electrons.